The Labute approximate surface area is 136 Å². The van der Waals surface area contributed by atoms with Crippen molar-refractivity contribution in [3.05, 3.63) is 29.8 Å². The van der Waals surface area contributed by atoms with E-state index in [1.807, 2.05) is 6.07 Å². The van der Waals surface area contributed by atoms with Gasteiger partial charge in [0.2, 0.25) is 0 Å². The predicted octanol–water partition coefficient (Wildman–Crippen LogP) is 2.86. The first kappa shape index (κ1) is 14.8. The van der Waals surface area contributed by atoms with Gasteiger partial charge in [-0.25, -0.2) is 4.79 Å². The number of cyclic esters (lactones) is 1. The van der Waals surface area contributed by atoms with Crippen LogP contribution in [0.5, 0.6) is 5.75 Å². The smallest absolute Gasteiger partial charge is 0.409 e. The molecule has 124 valence electrons. The standard InChI is InChI=1S/C18H24N2O3/c21-17-20(11-12-22-17)10-4-9-19-15-13-18(7-3-8-18)23-16-6-2-1-5-14(15)16/h1-2,5-6,15,19H,3-4,7-13H2. The molecule has 2 aliphatic heterocycles. The number of nitrogens with one attached hydrogen (secondary N) is 1. The molecule has 5 nitrogen and oxygen atoms in total. The molecule has 5 heteroatoms. The first-order chi connectivity index (χ1) is 11.3. The summed E-state index contributed by atoms with van der Waals surface area (Å²) in [5.74, 6) is 1.04. The molecule has 1 amide bonds. The highest BCUT2D eigenvalue weighted by molar-refractivity contribution is 5.69. The monoisotopic (exact) mass is 316 g/mol. The van der Waals surface area contributed by atoms with Gasteiger partial charge in [-0.1, -0.05) is 18.2 Å². The van der Waals surface area contributed by atoms with Gasteiger partial charge in [0.05, 0.1) is 6.54 Å². The van der Waals surface area contributed by atoms with Gasteiger partial charge < -0.3 is 19.7 Å². The van der Waals surface area contributed by atoms with E-state index in [-0.39, 0.29) is 11.7 Å². The number of para-hydroxylation sites is 1. The molecule has 3 aliphatic rings. The van der Waals surface area contributed by atoms with Crippen molar-refractivity contribution in [3.63, 3.8) is 0 Å². The largest absolute Gasteiger partial charge is 0.487 e. The zero-order valence-corrected chi connectivity index (χ0v) is 13.4. The fraction of sp³-hybridized carbons (Fsp3) is 0.611. The minimum Gasteiger partial charge on any atom is -0.487 e. The summed E-state index contributed by atoms with van der Waals surface area (Å²) < 4.78 is 11.2. The zero-order chi connectivity index (χ0) is 15.7. The van der Waals surface area contributed by atoms with Crippen LogP contribution in [0.3, 0.4) is 0 Å². The Bertz CT molecular complexity index is 585. The second-order valence-corrected chi connectivity index (χ2v) is 6.84. The number of ether oxygens (including phenoxy) is 2. The molecule has 1 aromatic carbocycles. The molecule has 23 heavy (non-hydrogen) atoms. The van der Waals surface area contributed by atoms with E-state index in [2.05, 4.69) is 23.5 Å². The topological polar surface area (TPSA) is 50.8 Å². The van der Waals surface area contributed by atoms with Crippen LogP contribution in [0.25, 0.3) is 0 Å². The molecular weight excluding hydrogens is 292 g/mol. The molecule has 0 bridgehead atoms. The van der Waals surface area contributed by atoms with Crippen LogP contribution in [0.4, 0.5) is 4.79 Å². The maximum Gasteiger partial charge on any atom is 0.409 e. The van der Waals surface area contributed by atoms with Crippen LogP contribution >= 0.6 is 0 Å². The first-order valence-electron chi connectivity index (χ1n) is 8.69. The van der Waals surface area contributed by atoms with E-state index in [1.54, 1.807) is 4.90 Å². The molecule has 2 heterocycles. The normalized spacial score (nSPS) is 24.8. The van der Waals surface area contributed by atoms with Crippen molar-refractivity contribution in [3.8, 4) is 5.75 Å². The molecule has 1 aromatic rings. The quantitative estimate of drug-likeness (QED) is 0.849. The summed E-state index contributed by atoms with van der Waals surface area (Å²) in [5.41, 5.74) is 1.33. The average molecular weight is 316 g/mol. The van der Waals surface area contributed by atoms with Crippen molar-refractivity contribution < 1.29 is 14.3 Å². The van der Waals surface area contributed by atoms with Crippen molar-refractivity contribution in [1.29, 1.82) is 0 Å². The van der Waals surface area contributed by atoms with Crippen LogP contribution in [-0.4, -0.2) is 42.8 Å². The minimum absolute atomic E-state index is 0.0603. The molecule has 1 spiro atoms. The first-order valence-corrected chi connectivity index (χ1v) is 8.69. The fourth-order valence-electron chi connectivity index (χ4n) is 3.85. The number of fused-ring (bicyclic) bond motifs is 1. The zero-order valence-electron chi connectivity index (χ0n) is 13.4. The molecule has 1 atom stereocenters. The molecule has 1 saturated carbocycles. The molecule has 4 rings (SSSR count). The van der Waals surface area contributed by atoms with Gasteiger partial charge in [-0.3, -0.25) is 0 Å². The van der Waals surface area contributed by atoms with Crippen molar-refractivity contribution in [2.45, 2.75) is 43.7 Å². The lowest BCUT2D eigenvalue weighted by Crippen LogP contribution is -2.49. The van der Waals surface area contributed by atoms with Gasteiger partial charge in [0.15, 0.2) is 0 Å². The lowest BCUT2D eigenvalue weighted by molar-refractivity contribution is -0.0368. The van der Waals surface area contributed by atoms with Crippen molar-refractivity contribution in [2.24, 2.45) is 0 Å². The van der Waals surface area contributed by atoms with Gasteiger partial charge in [0, 0.05) is 24.6 Å². The molecule has 1 saturated heterocycles. The van der Waals surface area contributed by atoms with Gasteiger partial charge in [0.25, 0.3) is 0 Å². The molecule has 1 N–H and O–H groups in total. The Morgan fingerprint density at radius 3 is 2.91 bits per heavy atom. The summed E-state index contributed by atoms with van der Waals surface area (Å²) in [7, 11) is 0. The lowest BCUT2D eigenvalue weighted by Gasteiger charge is -2.48. The van der Waals surface area contributed by atoms with Crippen LogP contribution in [0.2, 0.25) is 0 Å². The molecular formula is C18H24N2O3. The Morgan fingerprint density at radius 1 is 1.30 bits per heavy atom. The highest BCUT2D eigenvalue weighted by Crippen LogP contribution is 2.48. The number of hydrogen-bond donors (Lipinski definition) is 1. The second-order valence-electron chi connectivity index (χ2n) is 6.84. The van der Waals surface area contributed by atoms with Crippen LogP contribution in [0, 0.1) is 0 Å². The number of benzene rings is 1. The summed E-state index contributed by atoms with van der Waals surface area (Å²) >= 11 is 0. The highest BCUT2D eigenvalue weighted by atomic mass is 16.6. The van der Waals surface area contributed by atoms with E-state index in [1.165, 1.54) is 24.8 Å². The van der Waals surface area contributed by atoms with Crippen LogP contribution in [0.1, 0.15) is 43.7 Å². The van der Waals surface area contributed by atoms with E-state index in [9.17, 15) is 4.79 Å². The van der Waals surface area contributed by atoms with Gasteiger partial charge in [-0.15, -0.1) is 0 Å². The van der Waals surface area contributed by atoms with Crippen LogP contribution in [-0.2, 0) is 4.74 Å². The van der Waals surface area contributed by atoms with Crippen molar-refractivity contribution >= 4 is 6.09 Å². The maximum absolute atomic E-state index is 11.4. The number of amides is 1. The molecule has 1 unspecified atom stereocenters. The van der Waals surface area contributed by atoms with Crippen molar-refractivity contribution in [2.75, 3.05) is 26.2 Å². The Balaban J connectivity index is 1.35. The van der Waals surface area contributed by atoms with Gasteiger partial charge in [-0.05, 0) is 38.3 Å². The summed E-state index contributed by atoms with van der Waals surface area (Å²) in [5, 5.41) is 3.68. The van der Waals surface area contributed by atoms with E-state index >= 15 is 0 Å². The van der Waals surface area contributed by atoms with Gasteiger partial charge in [0.1, 0.15) is 18.0 Å². The summed E-state index contributed by atoms with van der Waals surface area (Å²) in [4.78, 5) is 13.2. The van der Waals surface area contributed by atoms with E-state index in [0.717, 1.165) is 38.2 Å². The minimum atomic E-state index is -0.171. The summed E-state index contributed by atoms with van der Waals surface area (Å²) in [6.45, 7) is 2.92. The molecule has 0 radical (unpaired) electrons. The second kappa shape index (κ2) is 6.04. The number of carbonyl (C=O) groups excluding carboxylic acids is 1. The molecule has 0 aromatic heterocycles. The maximum atomic E-state index is 11.4. The van der Waals surface area contributed by atoms with Crippen LogP contribution < -0.4 is 10.1 Å². The predicted molar refractivity (Wildman–Crippen MR) is 86.6 cm³/mol. The number of hydrogen-bond acceptors (Lipinski definition) is 4. The van der Waals surface area contributed by atoms with E-state index < -0.39 is 0 Å². The summed E-state index contributed by atoms with van der Waals surface area (Å²) in [6.07, 6.45) is 5.43. The third-order valence-corrected chi connectivity index (χ3v) is 5.30. The Morgan fingerprint density at radius 2 is 2.17 bits per heavy atom. The van der Waals surface area contributed by atoms with E-state index in [0.29, 0.717) is 12.6 Å². The fourth-order valence-corrected chi connectivity index (χ4v) is 3.85. The summed E-state index contributed by atoms with van der Waals surface area (Å²) in [6, 6.07) is 8.73. The SMILES string of the molecule is O=C1OCCN1CCCNC1CC2(CCC2)Oc2ccccc21. The molecule has 1 aliphatic carbocycles. The van der Waals surface area contributed by atoms with Gasteiger partial charge >= 0.3 is 6.09 Å². The average Bonchev–Trinajstić information content (AvgIpc) is 2.95. The van der Waals surface area contributed by atoms with Gasteiger partial charge in [-0.2, -0.15) is 0 Å². The number of nitrogens with zero attached hydrogens (tertiary/aromatic N) is 1. The number of carbonyl (C=O) groups is 1. The lowest BCUT2D eigenvalue weighted by atomic mass is 9.73. The third-order valence-electron chi connectivity index (χ3n) is 5.30. The highest BCUT2D eigenvalue weighted by Gasteiger charge is 2.45. The number of rotatable bonds is 5. The Kier molecular flexibility index (Phi) is 3.89. The third kappa shape index (κ3) is 2.90. The molecule has 2 fully saturated rings. The van der Waals surface area contributed by atoms with Crippen molar-refractivity contribution in [1.82, 2.24) is 10.2 Å². The Hall–Kier alpha value is -1.75. The van der Waals surface area contributed by atoms with Crippen LogP contribution in [0.15, 0.2) is 24.3 Å². The van der Waals surface area contributed by atoms with E-state index in [4.69, 9.17) is 9.47 Å².